The van der Waals surface area contributed by atoms with E-state index in [1.165, 1.54) is 24.5 Å². The number of aromatic nitrogens is 1. The van der Waals surface area contributed by atoms with Crippen LogP contribution >= 0.6 is 0 Å². The number of amides is 2. The van der Waals surface area contributed by atoms with Crippen molar-refractivity contribution >= 4 is 23.8 Å². The van der Waals surface area contributed by atoms with Crippen molar-refractivity contribution in [2.45, 2.75) is 18.9 Å². The molecule has 2 heterocycles. The van der Waals surface area contributed by atoms with Gasteiger partial charge in [0, 0.05) is 36.1 Å². The Morgan fingerprint density at radius 3 is 2.68 bits per heavy atom. The van der Waals surface area contributed by atoms with Crippen molar-refractivity contribution in [3.8, 4) is 11.5 Å². The number of carbonyl (C=O) groups excluding carboxylic acids is 1. The first kappa shape index (κ1) is 21.8. The number of nitrogens with one attached hydrogen (secondary N) is 1. The van der Waals surface area contributed by atoms with E-state index in [1.807, 2.05) is 0 Å². The fraction of sp³-hybridized carbons (Fsp3) is 0.250. The van der Waals surface area contributed by atoms with Crippen molar-refractivity contribution in [2.24, 2.45) is 0 Å². The first-order chi connectivity index (χ1) is 14.9. The number of nitro groups is 1. The predicted octanol–water partition coefficient (Wildman–Crippen LogP) is 3.19. The first-order valence-corrected chi connectivity index (χ1v) is 9.37. The van der Waals surface area contributed by atoms with Gasteiger partial charge in [-0.25, -0.2) is 14.1 Å². The normalized spacial score (nSPS) is 14.4. The summed E-state index contributed by atoms with van der Waals surface area (Å²) in [6, 6.07) is 3.96. The van der Waals surface area contributed by atoms with Crippen LogP contribution in [0.25, 0.3) is 6.08 Å². The van der Waals surface area contributed by atoms with Gasteiger partial charge in [0.1, 0.15) is 5.75 Å². The van der Waals surface area contributed by atoms with Gasteiger partial charge in [0.2, 0.25) is 0 Å². The van der Waals surface area contributed by atoms with Crippen LogP contribution in [-0.2, 0) is 4.79 Å². The van der Waals surface area contributed by atoms with E-state index in [0.29, 0.717) is 31.5 Å². The van der Waals surface area contributed by atoms with E-state index in [-0.39, 0.29) is 11.5 Å². The number of nitro benzene ring substituents is 1. The minimum Gasteiger partial charge on any atom is -0.465 e. The molecule has 1 aliphatic heterocycles. The van der Waals surface area contributed by atoms with Crippen molar-refractivity contribution in [3.05, 3.63) is 64.2 Å². The van der Waals surface area contributed by atoms with Crippen molar-refractivity contribution in [2.75, 3.05) is 13.1 Å². The minimum atomic E-state index is -1.34. The molecule has 0 spiro atoms. The van der Waals surface area contributed by atoms with Gasteiger partial charge in [-0.2, -0.15) is 0 Å². The number of piperidine rings is 1. The zero-order valence-electron chi connectivity index (χ0n) is 16.2. The number of rotatable bonds is 6. The number of halogens is 1. The maximum atomic E-state index is 14.1. The number of nitrogens with zero attached hydrogens (tertiary/aromatic N) is 3. The predicted molar refractivity (Wildman–Crippen MR) is 107 cm³/mol. The number of ether oxygens (including phenoxy) is 1. The van der Waals surface area contributed by atoms with Crippen molar-refractivity contribution in [1.82, 2.24) is 15.2 Å². The van der Waals surface area contributed by atoms with Crippen LogP contribution in [0.2, 0.25) is 0 Å². The monoisotopic (exact) mass is 430 g/mol. The Labute approximate surface area is 176 Å². The van der Waals surface area contributed by atoms with Gasteiger partial charge >= 0.3 is 6.09 Å². The molecule has 1 aromatic heterocycles. The first-order valence-electron chi connectivity index (χ1n) is 9.37. The summed E-state index contributed by atoms with van der Waals surface area (Å²) < 4.78 is 19.6. The lowest BCUT2D eigenvalue weighted by molar-refractivity contribution is -0.385. The van der Waals surface area contributed by atoms with Crippen LogP contribution < -0.4 is 10.1 Å². The summed E-state index contributed by atoms with van der Waals surface area (Å²) in [5.41, 5.74) is -0.124. The molecule has 1 fully saturated rings. The summed E-state index contributed by atoms with van der Waals surface area (Å²) in [7, 11) is 0. The molecule has 0 radical (unpaired) electrons. The van der Waals surface area contributed by atoms with E-state index in [2.05, 4.69) is 10.3 Å². The molecule has 162 valence electrons. The van der Waals surface area contributed by atoms with E-state index >= 15 is 0 Å². The van der Waals surface area contributed by atoms with E-state index in [0.717, 1.165) is 29.2 Å². The second-order valence-electron chi connectivity index (χ2n) is 6.69. The van der Waals surface area contributed by atoms with E-state index in [9.17, 15) is 29.2 Å². The summed E-state index contributed by atoms with van der Waals surface area (Å²) in [6.45, 7) is 1.24. The third kappa shape index (κ3) is 5.39. The van der Waals surface area contributed by atoms with Crippen LogP contribution in [0, 0.1) is 15.9 Å². The zero-order chi connectivity index (χ0) is 22.4. The molecule has 0 aliphatic carbocycles. The fourth-order valence-corrected chi connectivity index (χ4v) is 3.15. The number of carboxylic acid groups (broad SMARTS) is 1. The van der Waals surface area contributed by atoms with Crippen LogP contribution in [0.5, 0.6) is 11.5 Å². The smallest absolute Gasteiger partial charge is 0.414 e. The van der Waals surface area contributed by atoms with E-state index in [4.69, 9.17) is 4.74 Å². The highest BCUT2D eigenvalue weighted by Gasteiger charge is 2.29. The van der Waals surface area contributed by atoms with Crippen molar-refractivity contribution < 1.29 is 28.7 Å². The third-order valence-electron chi connectivity index (χ3n) is 4.68. The maximum absolute atomic E-state index is 14.1. The number of benzene rings is 1. The Hall–Kier alpha value is -3.86. The Morgan fingerprint density at radius 1 is 1.29 bits per heavy atom. The van der Waals surface area contributed by atoms with Crippen LogP contribution in [0.15, 0.2) is 42.7 Å². The summed E-state index contributed by atoms with van der Waals surface area (Å²) in [6.07, 6.45) is 4.86. The second-order valence-corrected chi connectivity index (χ2v) is 6.69. The molecule has 1 saturated heterocycles. The number of non-ortho nitro benzene ring substituents is 1. The molecule has 0 saturated carbocycles. The molecule has 2 aromatic rings. The Bertz CT molecular complexity index is 1020. The molecular formula is C20H19FN4O6. The maximum Gasteiger partial charge on any atom is 0.414 e. The van der Waals surface area contributed by atoms with Crippen molar-refractivity contribution in [1.29, 1.82) is 0 Å². The Kier molecular flexibility index (Phi) is 6.88. The summed E-state index contributed by atoms with van der Waals surface area (Å²) in [5.74, 6) is -1.76. The molecule has 2 N–H and O–H groups in total. The Balaban J connectivity index is 1.79. The lowest BCUT2D eigenvalue weighted by Gasteiger charge is -2.30. The number of imide groups is 1. The largest absolute Gasteiger partial charge is 0.465 e. The van der Waals surface area contributed by atoms with Gasteiger partial charge < -0.3 is 15.2 Å². The van der Waals surface area contributed by atoms with Gasteiger partial charge in [0.25, 0.3) is 11.6 Å². The molecular weight excluding hydrogens is 411 g/mol. The lowest BCUT2D eigenvalue weighted by Crippen LogP contribution is -2.48. The molecule has 31 heavy (non-hydrogen) atoms. The molecule has 11 heteroatoms. The van der Waals surface area contributed by atoms with Crippen LogP contribution in [0.1, 0.15) is 18.4 Å². The molecule has 1 aliphatic rings. The molecule has 10 nitrogen and oxygen atoms in total. The molecule has 0 atom stereocenters. The third-order valence-corrected chi connectivity index (χ3v) is 4.68. The Morgan fingerprint density at radius 2 is 2.03 bits per heavy atom. The van der Waals surface area contributed by atoms with E-state index in [1.54, 1.807) is 0 Å². The molecule has 0 unspecified atom stereocenters. The number of pyridine rings is 1. The average molecular weight is 430 g/mol. The summed E-state index contributed by atoms with van der Waals surface area (Å²) in [5, 5.41) is 23.3. The standard InChI is InChI=1S/C20H19FN4O6/c21-16-11-15(25(29)30)2-3-18(16)31-17-7-10-23-12-13(17)1-4-19(26)24(20(27)28)14-5-8-22-9-6-14/h1-4,7,10-12,14,22H,5-6,8-9H2,(H,27,28). The van der Waals surface area contributed by atoms with Gasteiger partial charge in [-0.3, -0.25) is 19.9 Å². The van der Waals surface area contributed by atoms with Gasteiger partial charge in [0.15, 0.2) is 11.6 Å². The van der Waals surface area contributed by atoms with E-state index < -0.39 is 34.5 Å². The van der Waals surface area contributed by atoms with Crippen LogP contribution in [0.4, 0.5) is 14.9 Å². The SMILES string of the molecule is O=C(O)N(C(=O)C=Cc1cnccc1Oc1ccc([N+](=O)[O-])cc1F)C1CCNCC1. The summed E-state index contributed by atoms with van der Waals surface area (Å²) in [4.78, 5) is 38.9. The molecule has 3 rings (SSSR count). The summed E-state index contributed by atoms with van der Waals surface area (Å²) >= 11 is 0. The molecule has 2 amide bonds. The zero-order valence-corrected chi connectivity index (χ0v) is 16.2. The fourth-order valence-electron chi connectivity index (χ4n) is 3.15. The van der Waals surface area contributed by atoms with Gasteiger partial charge in [0.05, 0.1) is 11.0 Å². The van der Waals surface area contributed by atoms with Gasteiger partial charge in [-0.1, -0.05) is 0 Å². The quantitative estimate of drug-likeness (QED) is 0.405. The van der Waals surface area contributed by atoms with Crippen LogP contribution in [0.3, 0.4) is 0 Å². The number of hydrogen-bond acceptors (Lipinski definition) is 7. The topological polar surface area (TPSA) is 135 Å². The van der Waals surface area contributed by atoms with Gasteiger partial charge in [-0.15, -0.1) is 0 Å². The molecule has 0 bridgehead atoms. The average Bonchev–Trinajstić information content (AvgIpc) is 2.75. The van der Waals surface area contributed by atoms with Gasteiger partial charge in [-0.05, 0) is 44.1 Å². The number of carbonyl (C=O) groups is 2. The lowest BCUT2D eigenvalue weighted by atomic mass is 10.1. The highest BCUT2D eigenvalue weighted by atomic mass is 19.1. The minimum absolute atomic E-state index is 0.135. The van der Waals surface area contributed by atoms with Crippen LogP contribution in [-0.4, -0.2) is 51.0 Å². The van der Waals surface area contributed by atoms with Crippen molar-refractivity contribution in [3.63, 3.8) is 0 Å². The highest BCUT2D eigenvalue weighted by Crippen LogP contribution is 2.30. The molecule has 1 aromatic carbocycles. The second kappa shape index (κ2) is 9.76. The highest BCUT2D eigenvalue weighted by molar-refractivity contribution is 6.00. The number of hydrogen-bond donors (Lipinski definition) is 2.